The first-order valence-electron chi connectivity index (χ1n) is 5.22. The topological polar surface area (TPSA) is 17.1 Å². The summed E-state index contributed by atoms with van der Waals surface area (Å²) >= 11 is 0. The Hall–Kier alpha value is -1.46. The first-order chi connectivity index (χ1) is 7.70. The zero-order chi connectivity index (χ0) is 11.5. The molecule has 0 aliphatic heterocycles. The molecule has 0 aliphatic carbocycles. The molecule has 0 saturated heterocycles. The van der Waals surface area contributed by atoms with E-state index in [1.807, 2.05) is 24.3 Å². The van der Waals surface area contributed by atoms with Crippen LogP contribution in [0.5, 0.6) is 0 Å². The van der Waals surface area contributed by atoms with Crippen LogP contribution in [0.25, 0.3) is 11.1 Å². The molecule has 2 heteroatoms. The van der Waals surface area contributed by atoms with E-state index in [0.717, 1.165) is 5.30 Å². The standard InChI is InChI=1S/C14H13OP/c1-10-3-4-11(2)14(9-10)12-5-7-13(16-15)8-6-12/h3-9H,1-2H3. The van der Waals surface area contributed by atoms with Gasteiger partial charge in [-0.05, 0) is 42.7 Å². The normalized spacial score (nSPS) is 10.6. The van der Waals surface area contributed by atoms with Crippen LogP contribution in [0.2, 0.25) is 0 Å². The third-order valence-electron chi connectivity index (χ3n) is 2.68. The third kappa shape index (κ3) is 2.20. The predicted molar refractivity (Wildman–Crippen MR) is 68.6 cm³/mol. The van der Waals surface area contributed by atoms with Gasteiger partial charge in [-0.2, -0.15) is 0 Å². The maximum absolute atomic E-state index is 10.7. The van der Waals surface area contributed by atoms with Gasteiger partial charge in [0.2, 0.25) is 0 Å². The molecule has 2 aromatic rings. The van der Waals surface area contributed by atoms with Gasteiger partial charge in [-0.3, -0.25) is 4.57 Å². The van der Waals surface area contributed by atoms with E-state index in [4.69, 9.17) is 0 Å². The average Bonchev–Trinajstić information content (AvgIpc) is 2.32. The Morgan fingerprint density at radius 2 is 1.62 bits per heavy atom. The molecule has 16 heavy (non-hydrogen) atoms. The second-order valence-corrected chi connectivity index (χ2v) is 4.66. The van der Waals surface area contributed by atoms with Crippen LogP contribution in [-0.4, -0.2) is 0 Å². The van der Waals surface area contributed by atoms with Gasteiger partial charge in [0.1, 0.15) is 0 Å². The second kappa shape index (κ2) is 4.59. The van der Waals surface area contributed by atoms with Gasteiger partial charge in [0, 0.05) is 5.30 Å². The fourth-order valence-corrected chi connectivity index (χ4v) is 2.02. The molecule has 0 atom stereocenters. The smallest absolute Gasteiger partial charge is 0.192 e. The fraction of sp³-hybridized carbons (Fsp3) is 0.143. The summed E-state index contributed by atoms with van der Waals surface area (Å²) in [5.74, 6) is 0. The van der Waals surface area contributed by atoms with Crippen molar-refractivity contribution in [2.45, 2.75) is 13.8 Å². The molecule has 0 unspecified atom stereocenters. The molecular weight excluding hydrogens is 215 g/mol. The molecule has 0 amide bonds. The largest absolute Gasteiger partial charge is 0.269 e. The van der Waals surface area contributed by atoms with Crippen molar-refractivity contribution in [3.05, 3.63) is 53.6 Å². The maximum atomic E-state index is 10.7. The van der Waals surface area contributed by atoms with Crippen LogP contribution in [0.1, 0.15) is 11.1 Å². The number of aryl methyl sites for hydroxylation is 2. The summed E-state index contributed by atoms with van der Waals surface area (Å²) in [5.41, 5.74) is 4.94. The Balaban J connectivity index is 2.49. The van der Waals surface area contributed by atoms with Gasteiger partial charge in [0.05, 0.1) is 0 Å². The summed E-state index contributed by atoms with van der Waals surface area (Å²) < 4.78 is 10.7. The van der Waals surface area contributed by atoms with Crippen molar-refractivity contribution in [1.29, 1.82) is 0 Å². The highest BCUT2D eigenvalue weighted by atomic mass is 31.1. The Morgan fingerprint density at radius 3 is 2.25 bits per heavy atom. The Bertz CT molecular complexity index is 515. The van der Waals surface area contributed by atoms with Gasteiger partial charge in [-0.1, -0.05) is 35.9 Å². The van der Waals surface area contributed by atoms with E-state index in [-0.39, 0.29) is 8.46 Å². The Labute approximate surface area is 97.3 Å². The molecule has 0 heterocycles. The molecule has 2 aromatic carbocycles. The quantitative estimate of drug-likeness (QED) is 0.713. The minimum atomic E-state index is 0.0795. The van der Waals surface area contributed by atoms with E-state index in [1.54, 1.807) is 0 Å². The lowest BCUT2D eigenvalue weighted by molar-refractivity contribution is 0.603. The number of benzene rings is 2. The lowest BCUT2D eigenvalue weighted by Gasteiger charge is -2.07. The van der Waals surface area contributed by atoms with Crippen molar-refractivity contribution in [2.75, 3.05) is 0 Å². The second-order valence-electron chi connectivity index (χ2n) is 3.96. The minimum absolute atomic E-state index is 0.0795. The van der Waals surface area contributed by atoms with Crippen molar-refractivity contribution in [3.63, 3.8) is 0 Å². The first kappa shape index (κ1) is 11.0. The van der Waals surface area contributed by atoms with Crippen LogP contribution in [-0.2, 0) is 4.57 Å². The lowest BCUT2D eigenvalue weighted by Crippen LogP contribution is -1.91. The monoisotopic (exact) mass is 228 g/mol. The maximum Gasteiger partial charge on any atom is 0.192 e. The number of hydrogen-bond donors (Lipinski definition) is 0. The van der Waals surface area contributed by atoms with E-state index >= 15 is 0 Å². The highest BCUT2D eigenvalue weighted by molar-refractivity contribution is 7.34. The highest BCUT2D eigenvalue weighted by Gasteiger charge is 2.02. The van der Waals surface area contributed by atoms with E-state index in [9.17, 15) is 4.57 Å². The SMILES string of the molecule is Cc1ccc(C)c(-c2ccc(P=O)cc2)c1. The molecule has 1 nitrogen and oxygen atoms in total. The molecule has 0 aliphatic rings. The summed E-state index contributed by atoms with van der Waals surface area (Å²) in [4.78, 5) is 0. The summed E-state index contributed by atoms with van der Waals surface area (Å²) in [6, 6.07) is 14.2. The molecular formula is C14H13OP. The molecule has 0 aromatic heterocycles. The highest BCUT2D eigenvalue weighted by Crippen LogP contribution is 2.24. The molecule has 0 N–H and O–H groups in total. The molecule has 2 rings (SSSR count). The molecule has 0 radical (unpaired) electrons. The van der Waals surface area contributed by atoms with Crippen molar-refractivity contribution < 1.29 is 4.57 Å². The van der Waals surface area contributed by atoms with Gasteiger partial charge >= 0.3 is 0 Å². The van der Waals surface area contributed by atoms with Gasteiger partial charge in [-0.25, -0.2) is 0 Å². The zero-order valence-electron chi connectivity index (χ0n) is 9.40. The van der Waals surface area contributed by atoms with E-state index in [0.29, 0.717) is 0 Å². The fourth-order valence-electron chi connectivity index (χ4n) is 1.75. The summed E-state index contributed by atoms with van der Waals surface area (Å²) in [6.45, 7) is 4.20. The molecule has 0 saturated carbocycles. The Kier molecular flexibility index (Phi) is 3.17. The van der Waals surface area contributed by atoms with Crippen LogP contribution in [0, 0.1) is 13.8 Å². The summed E-state index contributed by atoms with van der Waals surface area (Å²) in [5, 5.41) is 0.814. The molecule has 0 spiro atoms. The summed E-state index contributed by atoms with van der Waals surface area (Å²) in [7, 11) is 0.0795. The first-order valence-corrected chi connectivity index (χ1v) is 6.03. The van der Waals surface area contributed by atoms with Crippen molar-refractivity contribution in [1.82, 2.24) is 0 Å². The van der Waals surface area contributed by atoms with E-state index in [2.05, 4.69) is 32.0 Å². The third-order valence-corrected chi connectivity index (χ3v) is 3.19. The molecule has 80 valence electrons. The summed E-state index contributed by atoms with van der Waals surface area (Å²) in [6.07, 6.45) is 0. The number of rotatable bonds is 2. The minimum Gasteiger partial charge on any atom is -0.269 e. The lowest BCUT2D eigenvalue weighted by atomic mass is 9.99. The van der Waals surface area contributed by atoms with Crippen LogP contribution in [0.15, 0.2) is 42.5 Å². The average molecular weight is 228 g/mol. The van der Waals surface area contributed by atoms with E-state index < -0.39 is 0 Å². The van der Waals surface area contributed by atoms with Crippen LogP contribution >= 0.6 is 8.46 Å². The van der Waals surface area contributed by atoms with Crippen LogP contribution in [0.3, 0.4) is 0 Å². The Morgan fingerprint density at radius 1 is 0.938 bits per heavy atom. The predicted octanol–water partition coefficient (Wildman–Crippen LogP) is 3.89. The van der Waals surface area contributed by atoms with Crippen LogP contribution < -0.4 is 5.30 Å². The van der Waals surface area contributed by atoms with Gasteiger partial charge in [0.15, 0.2) is 8.46 Å². The van der Waals surface area contributed by atoms with Gasteiger partial charge in [-0.15, -0.1) is 0 Å². The molecule has 0 fully saturated rings. The zero-order valence-corrected chi connectivity index (χ0v) is 10.3. The van der Waals surface area contributed by atoms with Crippen molar-refractivity contribution >= 4 is 13.8 Å². The number of hydrogen-bond acceptors (Lipinski definition) is 1. The van der Waals surface area contributed by atoms with E-state index in [1.165, 1.54) is 22.3 Å². The van der Waals surface area contributed by atoms with Gasteiger partial charge in [0.25, 0.3) is 0 Å². The molecule has 0 bridgehead atoms. The van der Waals surface area contributed by atoms with Crippen molar-refractivity contribution in [3.8, 4) is 11.1 Å². The van der Waals surface area contributed by atoms with Crippen molar-refractivity contribution in [2.24, 2.45) is 0 Å². The van der Waals surface area contributed by atoms with Gasteiger partial charge < -0.3 is 0 Å². The van der Waals surface area contributed by atoms with Crippen LogP contribution in [0.4, 0.5) is 0 Å².